The van der Waals surface area contributed by atoms with E-state index in [4.69, 9.17) is 4.74 Å². The first-order chi connectivity index (χ1) is 10.7. The van der Waals surface area contributed by atoms with E-state index in [1.807, 2.05) is 9.80 Å². The van der Waals surface area contributed by atoms with Crippen LogP contribution < -0.4 is 5.32 Å². The minimum Gasteiger partial charge on any atom is -0.378 e. The fraction of sp³-hybridized carbons (Fsp3) is 0.867. The molecule has 0 saturated carbocycles. The van der Waals surface area contributed by atoms with E-state index >= 15 is 0 Å². The highest BCUT2D eigenvalue weighted by molar-refractivity contribution is 5.85. The lowest BCUT2D eigenvalue weighted by atomic mass is 10.2. The maximum Gasteiger partial charge on any atom is 0.242 e. The number of nitrogens with zero attached hydrogens (tertiary/aromatic N) is 3. The Kier molecular flexibility index (Phi) is 9.30. The number of nitrogens with one attached hydrogen (secondary N) is 1. The fourth-order valence-electron chi connectivity index (χ4n) is 3.33. The Bertz CT molecular complexity index is 408. The molecule has 3 rings (SSSR count). The molecule has 0 aromatic heterocycles. The Morgan fingerprint density at radius 2 is 1.62 bits per heavy atom. The molecule has 0 aromatic carbocycles. The molecule has 0 aromatic rings. The lowest BCUT2D eigenvalue weighted by Crippen LogP contribution is -2.57. The van der Waals surface area contributed by atoms with Gasteiger partial charge in [0.2, 0.25) is 11.8 Å². The molecule has 0 spiro atoms. The lowest BCUT2D eigenvalue weighted by molar-refractivity contribution is -0.138. The predicted molar refractivity (Wildman–Crippen MR) is 95.9 cm³/mol. The van der Waals surface area contributed by atoms with Gasteiger partial charge in [-0.2, -0.15) is 0 Å². The van der Waals surface area contributed by atoms with Gasteiger partial charge in [-0.25, -0.2) is 0 Å². The summed E-state index contributed by atoms with van der Waals surface area (Å²) in [5, 5.41) is 3.21. The molecule has 2 amide bonds. The number of amides is 2. The summed E-state index contributed by atoms with van der Waals surface area (Å²) in [6.45, 7) is 7.14. The second-order valence-electron chi connectivity index (χ2n) is 6.27. The van der Waals surface area contributed by atoms with Crippen molar-refractivity contribution in [1.29, 1.82) is 0 Å². The van der Waals surface area contributed by atoms with Crippen molar-refractivity contribution in [3.05, 3.63) is 0 Å². The monoisotopic (exact) mass is 382 g/mol. The van der Waals surface area contributed by atoms with E-state index < -0.39 is 0 Å². The van der Waals surface area contributed by atoms with Crippen molar-refractivity contribution in [2.24, 2.45) is 0 Å². The maximum absolute atomic E-state index is 12.4. The van der Waals surface area contributed by atoms with Crippen LogP contribution in [-0.2, 0) is 14.3 Å². The number of morpholine rings is 1. The average Bonchev–Trinajstić information content (AvgIpc) is 3.10. The van der Waals surface area contributed by atoms with E-state index in [0.717, 1.165) is 45.6 Å². The van der Waals surface area contributed by atoms with Crippen molar-refractivity contribution in [2.45, 2.75) is 18.9 Å². The summed E-state index contributed by atoms with van der Waals surface area (Å²) in [7, 11) is 0. The van der Waals surface area contributed by atoms with Crippen LogP contribution in [0.4, 0.5) is 0 Å². The Balaban J connectivity index is 0.00000144. The van der Waals surface area contributed by atoms with Crippen LogP contribution >= 0.6 is 24.8 Å². The highest BCUT2D eigenvalue weighted by Gasteiger charge is 2.29. The van der Waals surface area contributed by atoms with Crippen LogP contribution in [0.3, 0.4) is 0 Å². The van der Waals surface area contributed by atoms with E-state index in [-0.39, 0.29) is 42.7 Å². The third kappa shape index (κ3) is 5.46. The number of rotatable bonds is 3. The number of carbonyl (C=O) groups excluding carboxylic acids is 2. The zero-order valence-corrected chi connectivity index (χ0v) is 15.6. The van der Waals surface area contributed by atoms with E-state index in [1.54, 1.807) is 0 Å². The van der Waals surface area contributed by atoms with Crippen molar-refractivity contribution in [2.75, 3.05) is 65.6 Å². The average molecular weight is 383 g/mol. The van der Waals surface area contributed by atoms with Gasteiger partial charge in [0.1, 0.15) is 6.04 Å². The number of likely N-dealkylation sites (tertiary alicyclic amines) is 1. The summed E-state index contributed by atoms with van der Waals surface area (Å²) < 4.78 is 5.35. The second-order valence-corrected chi connectivity index (χ2v) is 6.27. The molecular weight excluding hydrogens is 355 g/mol. The Morgan fingerprint density at radius 1 is 0.958 bits per heavy atom. The summed E-state index contributed by atoms with van der Waals surface area (Å²) in [6, 6.07) is -0.202. The van der Waals surface area contributed by atoms with Crippen molar-refractivity contribution < 1.29 is 14.3 Å². The number of ether oxygens (including phenoxy) is 1. The number of piperazine rings is 1. The minimum atomic E-state index is -0.202. The molecule has 1 N–H and O–H groups in total. The van der Waals surface area contributed by atoms with Crippen LogP contribution in [0.25, 0.3) is 0 Å². The summed E-state index contributed by atoms with van der Waals surface area (Å²) in [5.74, 6) is 0.366. The number of carbonyl (C=O) groups is 2. The molecule has 1 atom stereocenters. The third-order valence-electron chi connectivity index (χ3n) is 4.72. The molecule has 0 aliphatic carbocycles. The molecule has 3 aliphatic heterocycles. The third-order valence-corrected chi connectivity index (χ3v) is 4.72. The van der Waals surface area contributed by atoms with Crippen LogP contribution in [0.5, 0.6) is 0 Å². The molecular formula is C15H28Cl2N4O3. The molecule has 7 nitrogen and oxygen atoms in total. The Morgan fingerprint density at radius 3 is 2.21 bits per heavy atom. The number of hydrogen-bond acceptors (Lipinski definition) is 5. The van der Waals surface area contributed by atoms with Gasteiger partial charge >= 0.3 is 0 Å². The molecule has 0 radical (unpaired) electrons. The summed E-state index contributed by atoms with van der Waals surface area (Å²) in [6.07, 6.45) is 2.26. The fourth-order valence-corrected chi connectivity index (χ4v) is 3.33. The van der Waals surface area contributed by atoms with Crippen molar-refractivity contribution in [1.82, 2.24) is 20.0 Å². The molecule has 0 bridgehead atoms. The molecule has 140 valence electrons. The van der Waals surface area contributed by atoms with Gasteiger partial charge in [-0.15, -0.1) is 24.8 Å². The highest BCUT2D eigenvalue weighted by Crippen LogP contribution is 2.10. The van der Waals surface area contributed by atoms with Crippen LogP contribution in [-0.4, -0.2) is 98.1 Å². The van der Waals surface area contributed by atoms with Gasteiger partial charge in [0.15, 0.2) is 0 Å². The topological polar surface area (TPSA) is 65.1 Å². The van der Waals surface area contributed by atoms with Crippen LogP contribution in [0.1, 0.15) is 12.8 Å². The van der Waals surface area contributed by atoms with E-state index in [2.05, 4.69) is 10.2 Å². The first kappa shape index (κ1) is 21.4. The smallest absolute Gasteiger partial charge is 0.242 e. The SMILES string of the molecule is Cl.Cl.O=C(CN1CCN(C(=O)C2COCCN2)CC1)N1CCCC1. The summed E-state index contributed by atoms with van der Waals surface area (Å²) in [4.78, 5) is 30.5. The van der Waals surface area contributed by atoms with Crippen molar-refractivity contribution >= 4 is 36.6 Å². The number of hydrogen-bond donors (Lipinski definition) is 1. The molecule has 1 unspecified atom stereocenters. The van der Waals surface area contributed by atoms with Gasteiger partial charge in [-0.05, 0) is 12.8 Å². The standard InChI is InChI=1S/C15H26N4O3.2ClH/c20-14(18-4-1-2-5-18)11-17-6-8-19(9-7-17)15(21)13-12-22-10-3-16-13;;/h13,16H,1-12H2;2*1H. The van der Waals surface area contributed by atoms with E-state index in [0.29, 0.717) is 32.8 Å². The van der Waals surface area contributed by atoms with Crippen LogP contribution in [0, 0.1) is 0 Å². The van der Waals surface area contributed by atoms with Gasteiger partial charge < -0.3 is 19.9 Å². The van der Waals surface area contributed by atoms with Crippen LogP contribution in [0.15, 0.2) is 0 Å². The molecule has 24 heavy (non-hydrogen) atoms. The Hall–Kier alpha value is -0.600. The van der Waals surface area contributed by atoms with E-state index in [1.165, 1.54) is 0 Å². The van der Waals surface area contributed by atoms with Gasteiger partial charge in [-0.3, -0.25) is 14.5 Å². The first-order valence-corrected chi connectivity index (χ1v) is 8.34. The molecule has 9 heteroatoms. The van der Waals surface area contributed by atoms with Gasteiger partial charge in [0.05, 0.1) is 19.8 Å². The molecule has 3 saturated heterocycles. The second kappa shape index (κ2) is 10.4. The largest absolute Gasteiger partial charge is 0.378 e. The lowest BCUT2D eigenvalue weighted by Gasteiger charge is -2.37. The summed E-state index contributed by atoms with van der Waals surface area (Å²) >= 11 is 0. The normalized spacial score (nSPS) is 24.9. The van der Waals surface area contributed by atoms with Crippen molar-refractivity contribution in [3.8, 4) is 0 Å². The first-order valence-electron chi connectivity index (χ1n) is 8.34. The Labute approximate surface area is 155 Å². The quantitative estimate of drug-likeness (QED) is 0.718. The van der Waals surface area contributed by atoms with Crippen LogP contribution in [0.2, 0.25) is 0 Å². The molecule has 3 heterocycles. The maximum atomic E-state index is 12.4. The predicted octanol–water partition coefficient (Wildman–Crippen LogP) is -0.415. The van der Waals surface area contributed by atoms with Gasteiger partial charge in [0.25, 0.3) is 0 Å². The highest BCUT2D eigenvalue weighted by atomic mass is 35.5. The molecule has 3 fully saturated rings. The summed E-state index contributed by atoms with van der Waals surface area (Å²) in [5.41, 5.74) is 0. The number of halogens is 2. The van der Waals surface area contributed by atoms with Gasteiger partial charge in [-0.1, -0.05) is 0 Å². The van der Waals surface area contributed by atoms with E-state index in [9.17, 15) is 9.59 Å². The molecule has 3 aliphatic rings. The zero-order valence-electron chi connectivity index (χ0n) is 13.9. The zero-order chi connectivity index (χ0) is 15.4. The van der Waals surface area contributed by atoms with Gasteiger partial charge in [0, 0.05) is 45.8 Å². The minimum absolute atomic E-state index is 0. The van der Waals surface area contributed by atoms with Crippen molar-refractivity contribution in [3.63, 3.8) is 0 Å².